The van der Waals surface area contributed by atoms with Gasteiger partial charge in [0, 0.05) is 12.1 Å². The Morgan fingerprint density at radius 3 is 1.97 bits per heavy atom. The number of nitrogens with zero attached hydrogens (tertiary/aromatic N) is 1. The summed E-state index contributed by atoms with van der Waals surface area (Å²) in [6.45, 7) is 2.24. The average molecular weight is 404 g/mol. The predicted octanol–water partition coefficient (Wildman–Crippen LogP) is 7.41. The summed E-state index contributed by atoms with van der Waals surface area (Å²) in [4.78, 5) is 21.8. The van der Waals surface area contributed by atoms with E-state index in [2.05, 4.69) is 19.1 Å². The lowest BCUT2D eigenvalue weighted by Crippen LogP contribution is -2.11. The van der Waals surface area contributed by atoms with Gasteiger partial charge >= 0.3 is 5.97 Å². The molecular weight excluding hydrogens is 366 g/mol. The van der Waals surface area contributed by atoms with Crippen LogP contribution in [0.15, 0.2) is 36.4 Å². The van der Waals surface area contributed by atoms with Crippen LogP contribution in [0.5, 0.6) is 0 Å². The molecule has 0 saturated heterocycles. The molecule has 0 aromatic heterocycles. The van der Waals surface area contributed by atoms with Crippen molar-refractivity contribution in [1.29, 1.82) is 0 Å². The van der Waals surface area contributed by atoms with Crippen molar-refractivity contribution in [2.45, 2.75) is 96.3 Å². The minimum atomic E-state index is -0.864. The van der Waals surface area contributed by atoms with E-state index in [4.69, 9.17) is 0 Å². The van der Waals surface area contributed by atoms with Crippen LogP contribution in [0.25, 0.3) is 0 Å². The summed E-state index contributed by atoms with van der Waals surface area (Å²) in [5.74, 6) is -1.45. The van der Waals surface area contributed by atoms with Gasteiger partial charge in [-0.2, -0.15) is 0 Å². The number of benzene rings is 1. The topological polar surface area (TPSA) is 80.4 Å². The van der Waals surface area contributed by atoms with Crippen molar-refractivity contribution in [2.24, 2.45) is 0 Å². The number of unbranched alkanes of at least 4 members (excludes halogenated alkanes) is 10. The minimum absolute atomic E-state index is 0.0116. The second kappa shape index (κ2) is 15.7. The van der Waals surface area contributed by atoms with Gasteiger partial charge in [0.1, 0.15) is 0 Å². The van der Waals surface area contributed by atoms with Crippen LogP contribution in [0.2, 0.25) is 0 Å². The third kappa shape index (κ3) is 11.4. The predicted molar refractivity (Wildman–Crippen MR) is 118 cm³/mol. The van der Waals surface area contributed by atoms with Crippen molar-refractivity contribution in [2.75, 3.05) is 0 Å². The fourth-order valence-corrected chi connectivity index (χ4v) is 3.50. The first-order chi connectivity index (χ1) is 14.1. The zero-order valence-corrected chi connectivity index (χ0v) is 17.9. The zero-order chi connectivity index (χ0) is 21.3. The Balaban J connectivity index is 2.13. The molecule has 1 aromatic rings. The Morgan fingerprint density at radius 1 is 0.931 bits per heavy atom. The molecule has 0 amide bonds. The highest BCUT2D eigenvalue weighted by Crippen LogP contribution is 2.25. The molecule has 162 valence electrons. The number of allylic oxidation sites excluding steroid dienone is 2. The first kappa shape index (κ1) is 24.9. The van der Waals surface area contributed by atoms with Crippen molar-refractivity contribution in [3.8, 4) is 0 Å². The van der Waals surface area contributed by atoms with Crippen molar-refractivity contribution in [1.82, 2.24) is 0 Å². The molecule has 0 fully saturated rings. The minimum Gasteiger partial charge on any atom is -0.481 e. The van der Waals surface area contributed by atoms with Crippen LogP contribution < -0.4 is 0 Å². The van der Waals surface area contributed by atoms with Crippen molar-refractivity contribution >= 4 is 11.7 Å². The van der Waals surface area contributed by atoms with Gasteiger partial charge in [0.15, 0.2) is 0 Å². The van der Waals surface area contributed by atoms with E-state index < -0.39 is 16.8 Å². The standard InChI is InChI=1S/C24H37NO4/c1-2-3-4-5-6-7-8-9-10-11-12-13-14-15-16-23(24(26)27)21-17-19-22(20-18-21)25(28)29/h9-10,17-20,23H,2-8,11-16H2,1H3,(H,26,27)/b10-9-. The van der Waals surface area contributed by atoms with Gasteiger partial charge in [0.2, 0.25) is 0 Å². The molecule has 29 heavy (non-hydrogen) atoms. The molecular formula is C24H37NO4. The molecule has 1 rings (SSSR count). The highest BCUT2D eigenvalue weighted by Gasteiger charge is 2.20. The van der Waals surface area contributed by atoms with Gasteiger partial charge in [-0.3, -0.25) is 14.9 Å². The van der Waals surface area contributed by atoms with E-state index in [9.17, 15) is 20.0 Å². The maximum Gasteiger partial charge on any atom is 0.310 e. The maximum atomic E-state index is 11.5. The summed E-state index contributed by atoms with van der Waals surface area (Å²) in [6.07, 6.45) is 19.6. The second-order valence-electron chi connectivity index (χ2n) is 7.76. The number of carboxylic acid groups (broad SMARTS) is 1. The fraction of sp³-hybridized carbons (Fsp3) is 0.625. The molecule has 1 unspecified atom stereocenters. The van der Waals surface area contributed by atoms with Crippen molar-refractivity contribution in [3.05, 3.63) is 52.1 Å². The monoisotopic (exact) mass is 403 g/mol. The Morgan fingerprint density at radius 2 is 1.45 bits per heavy atom. The molecule has 0 bridgehead atoms. The number of nitro benzene ring substituents is 1. The van der Waals surface area contributed by atoms with E-state index in [0.29, 0.717) is 12.0 Å². The summed E-state index contributed by atoms with van der Waals surface area (Å²) < 4.78 is 0. The largest absolute Gasteiger partial charge is 0.481 e. The SMILES string of the molecule is CCCCCCCC/C=C\CCCCCCC(C(=O)O)c1ccc([N+](=O)[O-])cc1. The van der Waals surface area contributed by atoms with Gasteiger partial charge in [-0.1, -0.05) is 82.6 Å². The highest BCUT2D eigenvalue weighted by atomic mass is 16.6. The molecule has 1 N–H and O–H groups in total. The first-order valence-corrected chi connectivity index (χ1v) is 11.2. The Kier molecular flexibility index (Phi) is 13.5. The number of hydrogen-bond donors (Lipinski definition) is 1. The number of aliphatic carboxylic acids is 1. The molecule has 0 heterocycles. The van der Waals surface area contributed by atoms with Crippen LogP contribution >= 0.6 is 0 Å². The molecule has 1 atom stereocenters. The second-order valence-corrected chi connectivity index (χ2v) is 7.76. The van der Waals surface area contributed by atoms with Crippen LogP contribution in [0.1, 0.15) is 102 Å². The maximum absolute atomic E-state index is 11.5. The van der Waals surface area contributed by atoms with E-state index in [1.165, 1.54) is 57.1 Å². The molecule has 1 aromatic carbocycles. The molecule has 0 radical (unpaired) electrons. The molecule has 5 nitrogen and oxygen atoms in total. The fourth-order valence-electron chi connectivity index (χ4n) is 3.50. The number of nitro groups is 1. The molecule has 0 saturated carbocycles. The Labute approximate surface area is 175 Å². The van der Waals surface area contributed by atoms with E-state index in [-0.39, 0.29) is 5.69 Å². The molecule has 0 aliphatic carbocycles. The van der Waals surface area contributed by atoms with Crippen molar-refractivity contribution < 1.29 is 14.8 Å². The molecule has 0 aliphatic heterocycles. The lowest BCUT2D eigenvalue weighted by molar-refractivity contribution is -0.384. The summed E-state index contributed by atoms with van der Waals surface area (Å²) in [6, 6.07) is 5.88. The van der Waals surface area contributed by atoms with Crippen LogP contribution in [0, 0.1) is 10.1 Å². The van der Waals surface area contributed by atoms with E-state index >= 15 is 0 Å². The smallest absolute Gasteiger partial charge is 0.310 e. The van der Waals surface area contributed by atoms with Gasteiger partial charge in [-0.05, 0) is 37.7 Å². The van der Waals surface area contributed by atoms with Crippen LogP contribution in [0.3, 0.4) is 0 Å². The lowest BCUT2D eigenvalue weighted by Gasteiger charge is -2.12. The average Bonchev–Trinajstić information content (AvgIpc) is 2.71. The molecule has 0 spiro atoms. The van der Waals surface area contributed by atoms with Gasteiger partial charge in [-0.15, -0.1) is 0 Å². The van der Waals surface area contributed by atoms with Gasteiger partial charge in [-0.25, -0.2) is 0 Å². The van der Waals surface area contributed by atoms with Crippen LogP contribution in [0.4, 0.5) is 5.69 Å². The first-order valence-electron chi connectivity index (χ1n) is 11.2. The summed E-state index contributed by atoms with van der Waals surface area (Å²) in [5, 5.41) is 20.2. The van der Waals surface area contributed by atoms with E-state index in [1.807, 2.05) is 0 Å². The number of hydrogen-bond acceptors (Lipinski definition) is 3. The normalized spacial score (nSPS) is 12.3. The number of rotatable bonds is 17. The number of non-ortho nitro benzene ring substituents is 1. The van der Waals surface area contributed by atoms with Gasteiger partial charge in [0.05, 0.1) is 10.8 Å². The number of carboxylic acids is 1. The lowest BCUT2D eigenvalue weighted by atomic mass is 9.93. The van der Waals surface area contributed by atoms with E-state index in [0.717, 1.165) is 32.1 Å². The Bertz CT molecular complexity index is 610. The molecule has 0 aliphatic rings. The number of carbonyl (C=O) groups is 1. The van der Waals surface area contributed by atoms with Crippen LogP contribution in [-0.4, -0.2) is 16.0 Å². The third-order valence-corrected chi connectivity index (χ3v) is 5.31. The van der Waals surface area contributed by atoms with Crippen LogP contribution in [-0.2, 0) is 4.79 Å². The highest BCUT2D eigenvalue weighted by molar-refractivity contribution is 5.76. The van der Waals surface area contributed by atoms with Gasteiger partial charge in [0.25, 0.3) is 5.69 Å². The zero-order valence-electron chi connectivity index (χ0n) is 17.9. The van der Waals surface area contributed by atoms with Crippen molar-refractivity contribution in [3.63, 3.8) is 0 Å². The summed E-state index contributed by atoms with van der Waals surface area (Å²) in [7, 11) is 0. The summed E-state index contributed by atoms with van der Waals surface area (Å²) >= 11 is 0. The molecule has 5 heteroatoms. The van der Waals surface area contributed by atoms with E-state index in [1.54, 1.807) is 12.1 Å². The van der Waals surface area contributed by atoms with Gasteiger partial charge < -0.3 is 5.11 Å². The quantitative estimate of drug-likeness (QED) is 0.127. The Hall–Kier alpha value is -2.17. The third-order valence-electron chi connectivity index (χ3n) is 5.31. The summed E-state index contributed by atoms with van der Waals surface area (Å²) in [5.41, 5.74) is 0.628.